The van der Waals surface area contributed by atoms with E-state index in [2.05, 4.69) is 0 Å². The van der Waals surface area contributed by atoms with Gasteiger partial charge in [-0.3, -0.25) is 29.8 Å². The summed E-state index contributed by atoms with van der Waals surface area (Å²) in [6, 6.07) is 11.1. The topological polar surface area (TPSA) is 120 Å². The molecule has 0 N–H and O–H groups in total. The van der Waals surface area contributed by atoms with Crippen molar-refractivity contribution in [3.63, 3.8) is 0 Å². The average Bonchev–Trinajstić information content (AvgIpc) is 2.61. The highest BCUT2D eigenvalue weighted by Gasteiger charge is 2.43. The van der Waals surface area contributed by atoms with Gasteiger partial charge in [-0.15, -0.1) is 0 Å². The van der Waals surface area contributed by atoms with Gasteiger partial charge in [0.25, 0.3) is 11.4 Å². The van der Waals surface area contributed by atoms with Gasteiger partial charge in [0, 0.05) is 34.1 Å². The first-order chi connectivity index (χ1) is 12.7. The highest BCUT2D eigenvalue weighted by Crippen LogP contribution is 2.47. The van der Waals surface area contributed by atoms with E-state index in [1.54, 1.807) is 0 Å². The lowest BCUT2D eigenvalue weighted by Crippen LogP contribution is -2.37. The lowest BCUT2D eigenvalue weighted by Gasteiger charge is -2.27. The zero-order chi connectivity index (χ0) is 20.2. The Kier molecular flexibility index (Phi) is 6.34. The molecule has 0 radical (unpaired) electrons. The van der Waals surface area contributed by atoms with E-state index >= 15 is 0 Å². The fraction of sp³-hybridized carbons (Fsp3) is 0.176. The van der Waals surface area contributed by atoms with E-state index in [-0.39, 0.29) is 11.4 Å². The van der Waals surface area contributed by atoms with Crippen LogP contribution < -0.4 is 0 Å². The van der Waals surface area contributed by atoms with Gasteiger partial charge in [-0.05, 0) is 38.1 Å². The van der Waals surface area contributed by atoms with Gasteiger partial charge in [0.2, 0.25) is 0 Å². The number of nitro benzene ring substituents is 2. The standard InChI is InChI=1S/C17H14N2O6S2/c1-11(20)17(12(2)21,26-15-7-3-13(4-8-15)18(22)23)27-16-9-5-14(6-10-16)19(24)25/h3-10H,1-2H3. The van der Waals surface area contributed by atoms with Crippen molar-refractivity contribution in [1.29, 1.82) is 0 Å². The Morgan fingerprint density at radius 1 is 0.741 bits per heavy atom. The van der Waals surface area contributed by atoms with Crippen LogP contribution in [0.3, 0.4) is 0 Å². The van der Waals surface area contributed by atoms with Crippen molar-refractivity contribution in [2.45, 2.75) is 27.7 Å². The largest absolute Gasteiger partial charge is 0.297 e. The van der Waals surface area contributed by atoms with E-state index < -0.39 is 25.5 Å². The summed E-state index contributed by atoms with van der Waals surface area (Å²) in [5, 5.41) is 21.5. The number of hydrogen-bond donors (Lipinski definition) is 0. The maximum absolute atomic E-state index is 12.4. The molecule has 0 saturated heterocycles. The molecular formula is C17H14N2O6S2. The van der Waals surface area contributed by atoms with Crippen molar-refractivity contribution in [1.82, 2.24) is 0 Å². The third-order valence-corrected chi connectivity index (χ3v) is 6.79. The molecule has 0 unspecified atom stereocenters. The molecule has 2 aromatic carbocycles. The molecule has 0 amide bonds. The molecule has 0 atom stereocenters. The van der Waals surface area contributed by atoms with Crippen molar-refractivity contribution in [3.8, 4) is 0 Å². The molecule has 0 heterocycles. The van der Waals surface area contributed by atoms with Crippen LogP contribution in [0.25, 0.3) is 0 Å². The lowest BCUT2D eigenvalue weighted by molar-refractivity contribution is -0.385. The summed E-state index contributed by atoms with van der Waals surface area (Å²) in [6.07, 6.45) is 0. The predicted molar refractivity (Wildman–Crippen MR) is 102 cm³/mol. The second kappa shape index (κ2) is 8.31. The first-order valence-electron chi connectivity index (χ1n) is 7.54. The van der Waals surface area contributed by atoms with Crippen LogP contribution in [0, 0.1) is 20.2 Å². The molecule has 0 fully saturated rings. The summed E-state index contributed by atoms with van der Waals surface area (Å²) in [5.74, 6) is -0.802. The number of non-ortho nitro benzene ring substituents is 2. The van der Waals surface area contributed by atoms with Gasteiger partial charge in [-0.2, -0.15) is 0 Å². The Hall–Kier alpha value is -2.72. The summed E-state index contributed by atoms with van der Waals surface area (Å²) in [6.45, 7) is 2.58. The number of rotatable bonds is 8. The Labute approximate surface area is 162 Å². The normalized spacial score (nSPS) is 11.0. The second-order valence-corrected chi connectivity index (χ2v) is 8.27. The van der Waals surface area contributed by atoms with Gasteiger partial charge in [0.15, 0.2) is 15.6 Å². The first-order valence-corrected chi connectivity index (χ1v) is 9.18. The van der Waals surface area contributed by atoms with E-state index in [0.29, 0.717) is 9.79 Å². The summed E-state index contributed by atoms with van der Waals surface area (Å²) in [5.41, 5.74) is -0.197. The highest BCUT2D eigenvalue weighted by atomic mass is 32.2. The Morgan fingerprint density at radius 2 is 1.04 bits per heavy atom. The van der Waals surface area contributed by atoms with Crippen LogP contribution in [0.1, 0.15) is 13.8 Å². The number of carbonyl (C=O) groups excluding carboxylic acids is 2. The molecule has 2 aromatic rings. The minimum absolute atomic E-state index is 0.0985. The highest BCUT2D eigenvalue weighted by molar-refractivity contribution is 8.20. The minimum Gasteiger partial charge on any atom is -0.297 e. The molecule has 0 aliphatic rings. The summed E-state index contributed by atoms with van der Waals surface area (Å²) in [4.78, 5) is 46.3. The quantitative estimate of drug-likeness (QED) is 0.210. The molecule has 0 spiro atoms. The fourth-order valence-electron chi connectivity index (χ4n) is 2.16. The van der Waals surface area contributed by atoms with Gasteiger partial charge >= 0.3 is 0 Å². The predicted octanol–water partition coefficient (Wildman–Crippen LogP) is 4.26. The molecule has 0 bridgehead atoms. The number of hydrogen-bond acceptors (Lipinski definition) is 8. The maximum atomic E-state index is 12.4. The molecular weight excluding hydrogens is 392 g/mol. The monoisotopic (exact) mass is 406 g/mol. The number of ketones is 2. The number of nitrogens with zero attached hydrogens (tertiary/aromatic N) is 2. The van der Waals surface area contributed by atoms with Crippen molar-refractivity contribution in [3.05, 3.63) is 68.8 Å². The molecule has 0 aliphatic carbocycles. The Bertz CT molecular complexity index is 821. The van der Waals surface area contributed by atoms with Crippen LogP contribution in [-0.4, -0.2) is 25.5 Å². The van der Waals surface area contributed by atoms with E-state index in [1.807, 2.05) is 0 Å². The van der Waals surface area contributed by atoms with Crippen LogP contribution in [0.15, 0.2) is 58.3 Å². The first kappa shape index (κ1) is 20.6. The zero-order valence-corrected chi connectivity index (χ0v) is 15.9. The average molecular weight is 406 g/mol. The third-order valence-electron chi connectivity index (χ3n) is 3.55. The summed E-state index contributed by atoms with van der Waals surface area (Å²) >= 11 is 1.97. The Balaban J connectivity index is 2.37. The van der Waals surface area contributed by atoms with Gasteiger partial charge in [0.1, 0.15) is 0 Å². The van der Waals surface area contributed by atoms with Gasteiger partial charge in [-0.1, -0.05) is 23.5 Å². The molecule has 140 valence electrons. The summed E-state index contributed by atoms with van der Waals surface area (Å²) in [7, 11) is 0. The number of carbonyl (C=O) groups is 2. The van der Waals surface area contributed by atoms with E-state index in [4.69, 9.17) is 0 Å². The molecule has 0 saturated carbocycles. The second-order valence-electron chi connectivity index (χ2n) is 5.44. The van der Waals surface area contributed by atoms with E-state index in [1.165, 1.54) is 62.4 Å². The van der Waals surface area contributed by atoms with Crippen molar-refractivity contribution >= 4 is 46.5 Å². The van der Waals surface area contributed by atoms with Crippen LogP contribution in [0.4, 0.5) is 11.4 Å². The lowest BCUT2D eigenvalue weighted by atomic mass is 10.2. The van der Waals surface area contributed by atoms with E-state index in [0.717, 1.165) is 23.5 Å². The van der Waals surface area contributed by atoms with Gasteiger partial charge in [0.05, 0.1) is 9.85 Å². The van der Waals surface area contributed by atoms with Crippen LogP contribution in [0.5, 0.6) is 0 Å². The smallest absolute Gasteiger partial charge is 0.269 e. The molecule has 8 nitrogen and oxygen atoms in total. The molecule has 27 heavy (non-hydrogen) atoms. The van der Waals surface area contributed by atoms with Crippen LogP contribution in [-0.2, 0) is 9.59 Å². The van der Waals surface area contributed by atoms with Gasteiger partial charge in [-0.25, -0.2) is 0 Å². The van der Waals surface area contributed by atoms with Gasteiger partial charge < -0.3 is 0 Å². The van der Waals surface area contributed by atoms with E-state index in [9.17, 15) is 29.8 Å². The zero-order valence-electron chi connectivity index (χ0n) is 14.3. The number of Topliss-reactive ketones (excluding diaryl/α,β-unsaturated/α-hetero) is 2. The molecule has 2 rings (SSSR count). The minimum atomic E-state index is -1.51. The summed E-state index contributed by atoms with van der Waals surface area (Å²) < 4.78 is -1.51. The third kappa shape index (κ3) is 4.72. The number of thioether (sulfide) groups is 2. The maximum Gasteiger partial charge on any atom is 0.269 e. The van der Waals surface area contributed by atoms with Crippen molar-refractivity contribution < 1.29 is 19.4 Å². The number of nitro groups is 2. The SMILES string of the molecule is CC(=O)C(Sc1ccc([N+](=O)[O-])cc1)(Sc1ccc([N+](=O)[O-])cc1)C(C)=O. The fourth-order valence-corrected chi connectivity index (χ4v) is 4.69. The molecule has 0 aliphatic heterocycles. The number of benzene rings is 2. The molecule has 0 aromatic heterocycles. The van der Waals surface area contributed by atoms with Crippen LogP contribution >= 0.6 is 23.5 Å². The van der Waals surface area contributed by atoms with Crippen molar-refractivity contribution in [2.75, 3.05) is 0 Å². The van der Waals surface area contributed by atoms with Crippen molar-refractivity contribution in [2.24, 2.45) is 0 Å². The van der Waals surface area contributed by atoms with Crippen LogP contribution in [0.2, 0.25) is 0 Å². The molecule has 10 heteroatoms. The Morgan fingerprint density at radius 3 is 1.26 bits per heavy atom.